The van der Waals surface area contributed by atoms with Gasteiger partial charge >= 0.3 is 0 Å². The van der Waals surface area contributed by atoms with Crippen LogP contribution < -0.4 is 21.5 Å². The van der Waals surface area contributed by atoms with Crippen molar-refractivity contribution in [2.24, 2.45) is 0 Å². The molecule has 24 heavy (non-hydrogen) atoms. The van der Waals surface area contributed by atoms with Crippen molar-refractivity contribution in [2.75, 3.05) is 39.4 Å². The van der Waals surface area contributed by atoms with E-state index in [1.165, 1.54) is 12.1 Å². The molecule has 0 atom stereocenters. The highest BCUT2D eigenvalue weighted by molar-refractivity contribution is 7.80. The van der Waals surface area contributed by atoms with E-state index < -0.39 is 0 Å². The predicted molar refractivity (Wildman–Crippen MR) is 100.0 cm³/mol. The molecule has 0 spiro atoms. The maximum Gasteiger partial charge on any atom is 0.185 e. The van der Waals surface area contributed by atoms with E-state index in [9.17, 15) is 4.39 Å². The highest BCUT2D eigenvalue weighted by Gasteiger charge is 2.09. The number of rotatable bonds is 5. The molecule has 1 aromatic rings. The molecule has 9 heteroatoms. The van der Waals surface area contributed by atoms with Crippen LogP contribution in [0, 0.1) is 5.82 Å². The van der Waals surface area contributed by atoms with Gasteiger partial charge in [0.05, 0.1) is 13.2 Å². The Balaban J connectivity index is 1.53. The Bertz CT molecular complexity index is 537. The molecule has 0 aromatic heterocycles. The van der Waals surface area contributed by atoms with Crippen molar-refractivity contribution in [3.8, 4) is 0 Å². The van der Waals surface area contributed by atoms with Crippen LogP contribution in [-0.2, 0) is 11.3 Å². The van der Waals surface area contributed by atoms with Crippen LogP contribution in [0.3, 0.4) is 0 Å². The summed E-state index contributed by atoms with van der Waals surface area (Å²) in [7, 11) is 0. The molecule has 4 N–H and O–H groups in total. The Labute approximate surface area is 152 Å². The Morgan fingerprint density at radius 3 is 2.33 bits per heavy atom. The number of hydrogen-bond acceptors (Lipinski definition) is 4. The van der Waals surface area contributed by atoms with Gasteiger partial charge in [-0.05, 0) is 42.1 Å². The lowest BCUT2D eigenvalue weighted by molar-refractivity contribution is 0.0389. The molecule has 0 bridgehead atoms. The fourth-order valence-corrected chi connectivity index (χ4v) is 2.42. The topological polar surface area (TPSA) is 60.6 Å². The van der Waals surface area contributed by atoms with Crippen LogP contribution in [0.5, 0.6) is 0 Å². The predicted octanol–water partition coefficient (Wildman–Crippen LogP) is 0.501. The SMILES string of the molecule is Fc1ccc(CNC(=S)NNC(=S)NCCN2CCOCC2)cc1. The van der Waals surface area contributed by atoms with Crippen molar-refractivity contribution < 1.29 is 9.13 Å². The normalized spacial score (nSPS) is 14.7. The summed E-state index contributed by atoms with van der Waals surface area (Å²) in [6.45, 7) is 5.66. The summed E-state index contributed by atoms with van der Waals surface area (Å²) >= 11 is 10.3. The highest BCUT2D eigenvalue weighted by atomic mass is 32.1. The lowest BCUT2D eigenvalue weighted by Crippen LogP contribution is -2.51. The molecule has 2 rings (SSSR count). The van der Waals surface area contributed by atoms with Gasteiger partial charge in [0.2, 0.25) is 0 Å². The van der Waals surface area contributed by atoms with E-state index in [1.807, 2.05) is 0 Å². The quantitative estimate of drug-likeness (QED) is 0.441. The van der Waals surface area contributed by atoms with Crippen LogP contribution >= 0.6 is 24.4 Å². The van der Waals surface area contributed by atoms with E-state index in [0.717, 1.165) is 45.0 Å². The zero-order valence-electron chi connectivity index (χ0n) is 13.3. The molecule has 0 radical (unpaired) electrons. The van der Waals surface area contributed by atoms with E-state index in [-0.39, 0.29) is 5.82 Å². The third-order valence-corrected chi connectivity index (χ3v) is 3.97. The molecule has 1 aromatic carbocycles. The summed E-state index contributed by atoms with van der Waals surface area (Å²) in [5.41, 5.74) is 6.58. The van der Waals surface area contributed by atoms with E-state index >= 15 is 0 Å². The highest BCUT2D eigenvalue weighted by Crippen LogP contribution is 2.01. The van der Waals surface area contributed by atoms with Crippen molar-refractivity contribution in [1.82, 2.24) is 26.4 Å². The van der Waals surface area contributed by atoms with Crippen LogP contribution in [0.25, 0.3) is 0 Å². The molecule has 132 valence electrons. The van der Waals surface area contributed by atoms with Crippen molar-refractivity contribution >= 4 is 34.7 Å². The molecule has 1 aliphatic rings. The lowest BCUT2D eigenvalue weighted by atomic mass is 10.2. The number of ether oxygens (including phenoxy) is 1. The molecular formula is C15H22FN5OS2. The molecule has 1 aliphatic heterocycles. The number of hydrogen-bond donors (Lipinski definition) is 4. The summed E-state index contributed by atoms with van der Waals surface area (Å²) in [6, 6.07) is 6.24. The first-order valence-corrected chi connectivity index (χ1v) is 8.57. The van der Waals surface area contributed by atoms with Gasteiger partial charge in [-0.2, -0.15) is 0 Å². The largest absolute Gasteiger partial charge is 0.379 e. The van der Waals surface area contributed by atoms with E-state index in [0.29, 0.717) is 16.8 Å². The molecule has 1 saturated heterocycles. The minimum Gasteiger partial charge on any atom is -0.379 e. The standard InChI is InChI=1S/C15H22FN5OS2/c16-13-3-1-12(2-4-13)11-18-15(24)20-19-14(23)17-5-6-21-7-9-22-10-8-21/h1-4H,5-11H2,(H2,17,19,23)(H2,18,20,24). The van der Waals surface area contributed by atoms with Crippen molar-refractivity contribution in [2.45, 2.75) is 6.54 Å². The van der Waals surface area contributed by atoms with Crippen LogP contribution in [0.2, 0.25) is 0 Å². The minimum absolute atomic E-state index is 0.255. The third kappa shape index (κ3) is 7.35. The van der Waals surface area contributed by atoms with Gasteiger partial charge in [0, 0.05) is 32.7 Å². The van der Waals surface area contributed by atoms with Gasteiger partial charge in [-0.25, -0.2) is 4.39 Å². The first kappa shape index (κ1) is 18.8. The van der Waals surface area contributed by atoms with Gasteiger partial charge in [-0.1, -0.05) is 12.1 Å². The minimum atomic E-state index is -0.255. The average Bonchev–Trinajstić information content (AvgIpc) is 2.60. The zero-order valence-corrected chi connectivity index (χ0v) is 14.9. The molecule has 1 fully saturated rings. The number of nitrogens with one attached hydrogen (secondary N) is 4. The van der Waals surface area contributed by atoms with Crippen molar-refractivity contribution in [1.29, 1.82) is 0 Å². The Morgan fingerprint density at radius 2 is 1.67 bits per heavy atom. The summed E-state index contributed by atoms with van der Waals surface area (Å²) < 4.78 is 18.1. The lowest BCUT2D eigenvalue weighted by Gasteiger charge is -2.26. The molecule has 0 amide bonds. The molecule has 1 heterocycles. The summed E-state index contributed by atoms with van der Waals surface area (Å²) in [4.78, 5) is 2.32. The number of benzene rings is 1. The second-order valence-electron chi connectivity index (χ2n) is 5.27. The van der Waals surface area contributed by atoms with Crippen LogP contribution in [0.15, 0.2) is 24.3 Å². The van der Waals surface area contributed by atoms with E-state index in [4.69, 9.17) is 29.2 Å². The molecule has 0 aliphatic carbocycles. The monoisotopic (exact) mass is 371 g/mol. The van der Waals surface area contributed by atoms with Gasteiger partial charge in [0.25, 0.3) is 0 Å². The zero-order chi connectivity index (χ0) is 17.2. The summed E-state index contributed by atoms with van der Waals surface area (Å²) in [5, 5.41) is 7.01. The molecule has 6 nitrogen and oxygen atoms in total. The van der Waals surface area contributed by atoms with Gasteiger partial charge in [-0.15, -0.1) is 0 Å². The average molecular weight is 372 g/mol. The third-order valence-electron chi connectivity index (χ3n) is 3.47. The van der Waals surface area contributed by atoms with Gasteiger partial charge in [0.15, 0.2) is 10.2 Å². The van der Waals surface area contributed by atoms with Gasteiger partial charge < -0.3 is 15.4 Å². The number of nitrogens with zero attached hydrogens (tertiary/aromatic N) is 1. The fraction of sp³-hybridized carbons (Fsp3) is 0.467. The maximum atomic E-state index is 12.8. The first-order valence-electron chi connectivity index (χ1n) is 7.76. The Hall–Kier alpha value is -1.55. The first-order chi connectivity index (χ1) is 11.6. The second kappa shape index (κ2) is 10.3. The summed E-state index contributed by atoms with van der Waals surface area (Å²) in [5.74, 6) is -0.255. The Kier molecular flexibility index (Phi) is 8.10. The molecule has 0 unspecified atom stereocenters. The number of hydrazine groups is 1. The number of halogens is 1. The Morgan fingerprint density at radius 1 is 1.04 bits per heavy atom. The van der Waals surface area contributed by atoms with Gasteiger partial charge in [-0.3, -0.25) is 15.8 Å². The summed E-state index contributed by atoms with van der Waals surface area (Å²) in [6.07, 6.45) is 0. The second-order valence-corrected chi connectivity index (χ2v) is 6.09. The maximum absolute atomic E-state index is 12.8. The van der Waals surface area contributed by atoms with Crippen molar-refractivity contribution in [3.63, 3.8) is 0 Å². The molecular weight excluding hydrogens is 349 g/mol. The van der Waals surface area contributed by atoms with Crippen LogP contribution in [-0.4, -0.2) is 54.5 Å². The number of thiocarbonyl (C=S) groups is 2. The fourth-order valence-electron chi connectivity index (χ4n) is 2.14. The van der Waals surface area contributed by atoms with Crippen LogP contribution in [0.4, 0.5) is 4.39 Å². The molecule has 0 saturated carbocycles. The van der Waals surface area contributed by atoms with E-state index in [1.54, 1.807) is 12.1 Å². The van der Waals surface area contributed by atoms with Crippen molar-refractivity contribution in [3.05, 3.63) is 35.6 Å². The van der Waals surface area contributed by atoms with Gasteiger partial charge in [0.1, 0.15) is 5.82 Å². The number of morpholine rings is 1. The van der Waals surface area contributed by atoms with Crippen LogP contribution in [0.1, 0.15) is 5.56 Å². The smallest absolute Gasteiger partial charge is 0.185 e. The van der Waals surface area contributed by atoms with E-state index in [2.05, 4.69) is 26.4 Å².